The average Bonchev–Trinajstić information content (AvgIpc) is 3.30. The first-order valence-corrected chi connectivity index (χ1v) is 9.41. The van der Waals surface area contributed by atoms with Crippen LogP contribution in [0.1, 0.15) is 34.7 Å². The van der Waals surface area contributed by atoms with E-state index in [-0.39, 0.29) is 5.75 Å². The number of carbonyl (C=O) groups excluding carboxylic acids is 1. The number of fused-ring (bicyclic) bond motifs is 2. The summed E-state index contributed by atoms with van der Waals surface area (Å²) in [6.45, 7) is 0.852. The molecule has 6 heteroatoms. The van der Waals surface area contributed by atoms with Crippen molar-refractivity contribution in [1.29, 1.82) is 0 Å². The number of aromatic nitrogens is 1. The van der Waals surface area contributed by atoms with Crippen LogP contribution < -0.4 is 10.8 Å². The third-order valence-electron chi connectivity index (χ3n) is 5.32. The van der Waals surface area contributed by atoms with Crippen LogP contribution in [-0.4, -0.2) is 27.7 Å². The Kier molecular flexibility index (Phi) is 5.14. The lowest BCUT2D eigenvalue weighted by Gasteiger charge is -2.14. The van der Waals surface area contributed by atoms with Crippen LogP contribution in [-0.2, 0) is 17.6 Å². The van der Waals surface area contributed by atoms with Crippen molar-refractivity contribution >= 4 is 22.9 Å². The molecule has 0 saturated carbocycles. The van der Waals surface area contributed by atoms with Crippen molar-refractivity contribution in [3.8, 4) is 5.75 Å². The van der Waals surface area contributed by atoms with Crippen molar-refractivity contribution in [2.24, 2.45) is 0 Å². The lowest BCUT2D eigenvalue weighted by atomic mass is 10.0. The minimum atomic E-state index is -0.536. The Hall–Kier alpha value is -3.09. The van der Waals surface area contributed by atoms with Crippen LogP contribution in [0.3, 0.4) is 0 Å². The minimum Gasteiger partial charge on any atom is -0.508 e. The van der Waals surface area contributed by atoms with Gasteiger partial charge in [-0.3, -0.25) is 10.0 Å². The summed E-state index contributed by atoms with van der Waals surface area (Å²) in [4.78, 5) is 14.4. The first-order valence-electron chi connectivity index (χ1n) is 9.41. The maximum Gasteiger partial charge on any atom is 0.267 e. The highest BCUT2D eigenvalue weighted by molar-refractivity contribution is 5.90. The summed E-state index contributed by atoms with van der Waals surface area (Å²) in [6.07, 6.45) is 7.95. The van der Waals surface area contributed by atoms with Crippen LogP contribution in [0.15, 0.2) is 48.7 Å². The number of phenolic OH excluding ortho intramolecular Hbond substituents is 1. The van der Waals surface area contributed by atoms with E-state index in [0.717, 1.165) is 42.3 Å². The van der Waals surface area contributed by atoms with Gasteiger partial charge in [-0.1, -0.05) is 18.2 Å². The number of carbonyl (C=O) groups is 1. The van der Waals surface area contributed by atoms with E-state index in [1.807, 2.05) is 18.3 Å². The number of aryl methyl sites for hydroxylation is 1. The highest BCUT2D eigenvalue weighted by atomic mass is 16.5. The summed E-state index contributed by atoms with van der Waals surface area (Å²) < 4.78 is 0. The van der Waals surface area contributed by atoms with Crippen molar-refractivity contribution < 1.29 is 15.1 Å². The molecule has 1 aliphatic rings. The van der Waals surface area contributed by atoms with Gasteiger partial charge in [0.1, 0.15) is 5.75 Å². The summed E-state index contributed by atoms with van der Waals surface area (Å²) in [5, 5.41) is 23.0. The second kappa shape index (κ2) is 7.88. The Morgan fingerprint density at radius 3 is 3.00 bits per heavy atom. The van der Waals surface area contributed by atoms with Gasteiger partial charge in [0, 0.05) is 29.2 Å². The van der Waals surface area contributed by atoms with Gasteiger partial charge in [-0.05, 0) is 72.3 Å². The molecule has 144 valence electrons. The molecule has 1 unspecified atom stereocenters. The fourth-order valence-corrected chi connectivity index (χ4v) is 3.92. The maximum atomic E-state index is 11.1. The lowest BCUT2D eigenvalue weighted by Crippen LogP contribution is -2.21. The van der Waals surface area contributed by atoms with E-state index >= 15 is 0 Å². The number of aromatic amines is 1. The molecule has 0 radical (unpaired) electrons. The molecule has 0 spiro atoms. The van der Waals surface area contributed by atoms with Crippen LogP contribution in [0, 0.1) is 0 Å². The molecule has 1 aromatic heterocycles. The summed E-state index contributed by atoms with van der Waals surface area (Å²) in [5.41, 5.74) is 7.37. The smallest absolute Gasteiger partial charge is 0.267 e. The summed E-state index contributed by atoms with van der Waals surface area (Å²) >= 11 is 0. The predicted molar refractivity (Wildman–Crippen MR) is 108 cm³/mol. The third kappa shape index (κ3) is 3.78. The van der Waals surface area contributed by atoms with Crippen molar-refractivity contribution in [1.82, 2.24) is 15.8 Å². The molecule has 4 rings (SSSR count). The number of hydroxylamine groups is 1. The maximum absolute atomic E-state index is 11.1. The van der Waals surface area contributed by atoms with Crippen LogP contribution in [0.4, 0.5) is 0 Å². The number of amides is 1. The van der Waals surface area contributed by atoms with E-state index in [0.29, 0.717) is 6.04 Å². The molecule has 1 aliphatic carbocycles. The molecule has 28 heavy (non-hydrogen) atoms. The highest BCUT2D eigenvalue weighted by Gasteiger charge is 2.21. The Bertz CT molecular complexity index is 1040. The van der Waals surface area contributed by atoms with Gasteiger partial charge in [0.2, 0.25) is 0 Å². The normalized spacial score (nSPS) is 16.0. The number of rotatable bonds is 6. The van der Waals surface area contributed by atoms with Crippen molar-refractivity contribution in [3.05, 3.63) is 70.9 Å². The standard InChI is InChI=1S/C22H23N3O3/c26-17-4-7-21-19(12-17)16(13-24-21)9-10-23-20-6-3-15-11-14(1-5-18(15)20)2-8-22(27)25-28/h1-2,4-5,7-8,11-13,20,23-24,26,28H,3,6,9-10H2,(H,25,27)/b8-2+. The van der Waals surface area contributed by atoms with Crippen molar-refractivity contribution in [2.45, 2.75) is 25.3 Å². The minimum absolute atomic E-state index is 0.285. The van der Waals surface area contributed by atoms with Gasteiger partial charge in [0.25, 0.3) is 5.91 Å². The molecule has 5 N–H and O–H groups in total. The van der Waals surface area contributed by atoms with Gasteiger partial charge in [-0.15, -0.1) is 0 Å². The fourth-order valence-electron chi connectivity index (χ4n) is 3.92. The molecule has 1 heterocycles. The zero-order valence-corrected chi connectivity index (χ0v) is 15.4. The number of hydrogen-bond acceptors (Lipinski definition) is 4. The van der Waals surface area contributed by atoms with E-state index in [2.05, 4.69) is 22.4 Å². The largest absolute Gasteiger partial charge is 0.508 e. The van der Waals surface area contributed by atoms with E-state index in [1.165, 1.54) is 22.8 Å². The number of phenols is 1. The molecule has 0 saturated heterocycles. The Morgan fingerprint density at radius 2 is 2.14 bits per heavy atom. The SMILES string of the molecule is O=C(/C=C/c1ccc2c(c1)CCC2NCCc1c[nH]c2ccc(O)cc12)NO. The highest BCUT2D eigenvalue weighted by Crippen LogP contribution is 2.32. The number of benzene rings is 2. The van der Waals surface area contributed by atoms with E-state index in [4.69, 9.17) is 5.21 Å². The van der Waals surface area contributed by atoms with Gasteiger partial charge >= 0.3 is 0 Å². The fraction of sp³-hybridized carbons (Fsp3) is 0.227. The number of hydrogen-bond donors (Lipinski definition) is 5. The van der Waals surface area contributed by atoms with Crippen LogP contribution in [0.2, 0.25) is 0 Å². The average molecular weight is 377 g/mol. The van der Waals surface area contributed by atoms with Gasteiger partial charge in [0.15, 0.2) is 0 Å². The van der Waals surface area contributed by atoms with Gasteiger partial charge in [-0.2, -0.15) is 0 Å². The Labute approximate surface area is 162 Å². The molecular formula is C22H23N3O3. The number of H-pyrrole nitrogens is 1. The van der Waals surface area contributed by atoms with Gasteiger partial charge in [-0.25, -0.2) is 5.48 Å². The molecule has 3 aromatic rings. The predicted octanol–water partition coefficient (Wildman–Crippen LogP) is 3.21. The summed E-state index contributed by atoms with van der Waals surface area (Å²) in [7, 11) is 0. The van der Waals surface area contributed by atoms with Crippen LogP contribution in [0.5, 0.6) is 5.75 Å². The van der Waals surface area contributed by atoms with Crippen LogP contribution >= 0.6 is 0 Å². The van der Waals surface area contributed by atoms with Crippen molar-refractivity contribution in [3.63, 3.8) is 0 Å². The second-order valence-corrected chi connectivity index (χ2v) is 7.11. The first-order chi connectivity index (χ1) is 13.6. The van der Waals surface area contributed by atoms with Crippen LogP contribution in [0.25, 0.3) is 17.0 Å². The zero-order valence-electron chi connectivity index (χ0n) is 15.4. The Balaban J connectivity index is 1.39. The Morgan fingerprint density at radius 1 is 1.25 bits per heavy atom. The molecule has 6 nitrogen and oxygen atoms in total. The summed E-state index contributed by atoms with van der Waals surface area (Å²) in [6, 6.07) is 11.9. The first kappa shape index (κ1) is 18.3. The zero-order chi connectivity index (χ0) is 19.5. The monoisotopic (exact) mass is 377 g/mol. The summed E-state index contributed by atoms with van der Waals surface area (Å²) in [5.74, 6) is -0.252. The molecule has 0 aliphatic heterocycles. The topological polar surface area (TPSA) is 97.4 Å². The number of nitrogens with one attached hydrogen (secondary N) is 3. The molecule has 2 aromatic carbocycles. The third-order valence-corrected chi connectivity index (χ3v) is 5.32. The quantitative estimate of drug-likeness (QED) is 0.259. The van der Waals surface area contributed by atoms with E-state index in [9.17, 15) is 9.90 Å². The molecule has 0 bridgehead atoms. The van der Waals surface area contributed by atoms with Gasteiger partial charge < -0.3 is 15.4 Å². The van der Waals surface area contributed by atoms with E-state index in [1.54, 1.807) is 23.7 Å². The van der Waals surface area contributed by atoms with E-state index < -0.39 is 5.91 Å². The van der Waals surface area contributed by atoms with Crippen molar-refractivity contribution in [2.75, 3.05) is 6.54 Å². The molecular weight excluding hydrogens is 354 g/mol. The molecule has 1 atom stereocenters. The second-order valence-electron chi connectivity index (χ2n) is 7.11. The lowest BCUT2D eigenvalue weighted by molar-refractivity contribution is -0.124. The van der Waals surface area contributed by atoms with Gasteiger partial charge in [0.05, 0.1) is 0 Å². The molecule has 0 fully saturated rings. The molecule has 1 amide bonds. The number of aromatic hydroxyl groups is 1.